The fraction of sp³-hybridized carbons (Fsp3) is 0.750. The summed E-state index contributed by atoms with van der Waals surface area (Å²) in [5, 5.41) is 0. The first-order valence-corrected chi connectivity index (χ1v) is 7.56. The molecule has 0 amide bonds. The van der Waals surface area contributed by atoms with E-state index in [9.17, 15) is 9.59 Å². The van der Waals surface area contributed by atoms with Crippen LogP contribution in [0.5, 0.6) is 0 Å². The molecule has 0 aliphatic heterocycles. The van der Waals surface area contributed by atoms with Crippen LogP contribution in [0.4, 0.5) is 0 Å². The van der Waals surface area contributed by atoms with Crippen LogP contribution in [-0.4, -0.2) is 50.2 Å². The van der Waals surface area contributed by atoms with Gasteiger partial charge in [0.15, 0.2) is 0 Å². The lowest BCUT2D eigenvalue weighted by Crippen LogP contribution is -2.49. The summed E-state index contributed by atoms with van der Waals surface area (Å²) in [5.41, 5.74) is 0.795. The van der Waals surface area contributed by atoms with Gasteiger partial charge < -0.3 is 14.4 Å². The average Bonchev–Trinajstić information content (AvgIpc) is 3.05. The Morgan fingerprint density at radius 1 is 1.24 bits per heavy atom. The summed E-state index contributed by atoms with van der Waals surface area (Å²) in [6, 6.07) is 0.255. The molecule has 0 spiro atoms. The second-order valence-corrected chi connectivity index (χ2v) is 6.72. The Morgan fingerprint density at radius 3 is 2.52 bits per heavy atom. The summed E-state index contributed by atoms with van der Waals surface area (Å²) in [7, 11) is 5.51. The second-order valence-electron chi connectivity index (χ2n) is 6.72. The standard InChI is InChI=1S/C16H23NO4/c1-8(18)21-15-13-7-12(14(15)17(2)3)10-5-9(6-11(10)13)16(19)20-4/h6,10-15H,5,7H2,1-4H3. The Labute approximate surface area is 125 Å². The fourth-order valence-corrected chi connectivity index (χ4v) is 4.89. The molecular formula is C16H23NO4. The van der Waals surface area contributed by atoms with Gasteiger partial charge in [0.2, 0.25) is 0 Å². The quantitative estimate of drug-likeness (QED) is 0.733. The normalized spacial score (nSPS) is 40.1. The molecule has 6 atom stereocenters. The highest BCUT2D eigenvalue weighted by Crippen LogP contribution is 2.59. The summed E-state index contributed by atoms with van der Waals surface area (Å²) in [6.45, 7) is 1.47. The zero-order valence-electron chi connectivity index (χ0n) is 13.0. The summed E-state index contributed by atoms with van der Waals surface area (Å²) >= 11 is 0. The van der Waals surface area contributed by atoms with E-state index in [1.807, 2.05) is 14.1 Å². The fourth-order valence-electron chi connectivity index (χ4n) is 4.89. The molecule has 0 aromatic rings. The first-order chi connectivity index (χ1) is 9.93. The molecule has 2 fully saturated rings. The molecule has 2 saturated carbocycles. The van der Waals surface area contributed by atoms with E-state index in [0.29, 0.717) is 23.7 Å². The van der Waals surface area contributed by atoms with E-state index in [1.165, 1.54) is 14.0 Å². The van der Waals surface area contributed by atoms with Gasteiger partial charge in [-0.25, -0.2) is 4.79 Å². The molecule has 2 bridgehead atoms. The highest BCUT2D eigenvalue weighted by atomic mass is 16.5. The minimum atomic E-state index is -0.217. The SMILES string of the molecule is COC(=O)C1=CC2C(C1)C1CC2C(OC(C)=O)C1N(C)C. The molecule has 3 aliphatic carbocycles. The monoisotopic (exact) mass is 293 g/mol. The van der Waals surface area contributed by atoms with Crippen LogP contribution < -0.4 is 0 Å². The maximum Gasteiger partial charge on any atom is 0.333 e. The van der Waals surface area contributed by atoms with Crippen LogP contribution in [0.25, 0.3) is 0 Å². The Bertz CT molecular complexity index is 499. The third-order valence-electron chi connectivity index (χ3n) is 5.48. The molecule has 0 aromatic carbocycles. The summed E-state index contributed by atoms with van der Waals surface area (Å²) < 4.78 is 10.5. The maximum atomic E-state index is 11.8. The van der Waals surface area contributed by atoms with Gasteiger partial charge in [0.25, 0.3) is 0 Å². The van der Waals surface area contributed by atoms with E-state index in [2.05, 4.69) is 11.0 Å². The number of hydrogen-bond acceptors (Lipinski definition) is 5. The van der Waals surface area contributed by atoms with Gasteiger partial charge in [0.05, 0.1) is 7.11 Å². The van der Waals surface area contributed by atoms with Gasteiger partial charge in [-0.1, -0.05) is 6.08 Å². The van der Waals surface area contributed by atoms with Crippen molar-refractivity contribution in [1.29, 1.82) is 0 Å². The average molecular weight is 293 g/mol. The van der Waals surface area contributed by atoms with Crippen molar-refractivity contribution >= 4 is 11.9 Å². The number of carbonyl (C=O) groups is 2. The molecule has 0 N–H and O–H groups in total. The first kappa shape index (κ1) is 14.6. The van der Waals surface area contributed by atoms with Gasteiger partial charge in [-0.05, 0) is 44.7 Å². The topological polar surface area (TPSA) is 55.8 Å². The largest absolute Gasteiger partial charge is 0.466 e. The molecule has 5 heteroatoms. The molecule has 116 valence electrons. The van der Waals surface area contributed by atoms with Crippen molar-refractivity contribution < 1.29 is 19.1 Å². The molecule has 3 rings (SSSR count). The first-order valence-electron chi connectivity index (χ1n) is 7.56. The van der Waals surface area contributed by atoms with E-state index in [1.54, 1.807) is 0 Å². The zero-order valence-corrected chi connectivity index (χ0v) is 13.0. The number of carbonyl (C=O) groups excluding carboxylic acids is 2. The van der Waals surface area contributed by atoms with Crippen molar-refractivity contribution in [1.82, 2.24) is 4.90 Å². The summed E-state index contributed by atoms with van der Waals surface area (Å²) in [5.74, 6) is 1.23. The predicted octanol–water partition coefficient (Wildman–Crippen LogP) is 1.23. The Kier molecular flexibility index (Phi) is 3.56. The highest BCUT2D eigenvalue weighted by molar-refractivity contribution is 5.89. The molecule has 0 aromatic heterocycles. The number of fused-ring (bicyclic) bond motifs is 5. The van der Waals surface area contributed by atoms with Crippen LogP contribution in [0.3, 0.4) is 0 Å². The molecule has 5 nitrogen and oxygen atoms in total. The zero-order chi connectivity index (χ0) is 15.3. The van der Waals surface area contributed by atoms with Crippen molar-refractivity contribution in [3.63, 3.8) is 0 Å². The minimum Gasteiger partial charge on any atom is -0.466 e. The van der Waals surface area contributed by atoms with Crippen LogP contribution >= 0.6 is 0 Å². The number of ether oxygens (including phenoxy) is 2. The third-order valence-corrected chi connectivity index (χ3v) is 5.48. The molecule has 0 saturated heterocycles. The number of hydrogen-bond donors (Lipinski definition) is 0. The maximum absolute atomic E-state index is 11.8. The smallest absolute Gasteiger partial charge is 0.333 e. The lowest BCUT2D eigenvalue weighted by molar-refractivity contribution is -0.154. The van der Waals surface area contributed by atoms with E-state index in [-0.39, 0.29) is 24.1 Å². The number of allylic oxidation sites excluding steroid dienone is 1. The number of esters is 2. The molecule has 21 heavy (non-hydrogen) atoms. The lowest BCUT2D eigenvalue weighted by atomic mass is 9.76. The van der Waals surface area contributed by atoms with Crippen LogP contribution in [0.15, 0.2) is 11.6 Å². The van der Waals surface area contributed by atoms with Gasteiger partial charge in [-0.2, -0.15) is 0 Å². The van der Waals surface area contributed by atoms with Gasteiger partial charge in [0, 0.05) is 24.5 Å². The summed E-state index contributed by atoms with van der Waals surface area (Å²) in [6.07, 6.45) is 3.90. The summed E-state index contributed by atoms with van der Waals surface area (Å²) in [4.78, 5) is 25.4. The van der Waals surface area contributed by atoms with Crippen LogP contribution in [0, 0.1) is 23.7 Å². The third kappa shape index (κ3) is 2.18. The minimum absolute atomic E-state index is 0.0583. The van der Waals surface area contributed by atoms with Crippen molar-refractivity contribution in [2.24, 2.45) is 23.7 Å². The molecular weight excluding hydrogens is 270 g/mol. The lowest BCUT2D eigenvalue weighted by Gasteiger charge is -2.40. The van der Waals surface area contributed by atoms with Crippen molar-refractivity contribution in [3.8, 4) is 0 Å². The Morgan fingerprint density at radius 2 is 1.95 bits per heavy atom. The Balaban J connectivity index is 1.85. The van der Waals surface area contributed by atoms with Crippen molar-refractivity contribution in [2.75, 3.05) is 21.2 Å². The van der Waals surface area contributed by atoms with Crippen LogP contribution in [0.2, 0.25) is 0 Å². The van der Waals surface area contributed by atoms with E-state index in [4.69, 9.17) is 9.47 Å². The molecule has 3 aliphatic rings. The molecule has 0 radical (unpaired) electrons. The molecule has 0 heterocycles. The van der Waals surface area contributed by atoms with Gasteiger partial charge >= 0.3 is 11.9 Å². The number of nitrogens with zero attached hydrogens (tertiary/aromatic N) is 1. The number of methoxy groups -OCH3 is 1. The number of rotatable bonds is 3. The predicted molar refractivity (Wildman–Crippen MR) is 76.3 cm³/mol. The van der Waals surface area contributed by atoms with E-state index in [0.717, 1.165) is 18.4 Å². The Hall–Kier alpha value is -1.36. The van der Waals surface area contributed by atoms with Gasteiger partial charge in [0.1, 0.15) is 6.10 Å². The van der Waals surface area contributed by atoms with Gasteiger partial charge in [-0.3, -0.25) is 4.79 Å². The van der Waals surface area contributed by atoms with E-state index < -0.39 is 0 Å². The van der Waals surface area contributed by atoms with Gasteiger partial charge in [-0.15, -0.1) is 0 Å². The van der Waals surface area contributed by atoms with Crippen LogP contribution in [-0.2, 0) is 19.1 Å². The van der Waals surface area contributed by atoms with Crippen molar-refractivity contribution in [3.05, 3.63) is 11.6 Å². The highest BCUT2D eigenvalue weighted by Gasteiger charge is 2.61. The molecule has 6 unspecified atom stereocenters. The van der Waals surface area contributed by atoms with Crippen LogP contribution in [0.1, 0.15) is 19.8 Å². The second kappa shape index (κ2) is 5.13. The van der Waals surface area contributed by atoms with Crippen molar-refractivity contribution in [2.45, 2.75) is 31.9 Å². The number of likely N-dealkylation sites (N-methyl/N-ethyl adjacent to an activating group) is 1. The van der Waals surface area contributed by atoms with E-state index >= 15 is 0 Å².